The lowest BCUT2D eigenvalue weighted by molar-refractivity contribution is 0.122. The van der Waals surface area contributed by atoms with Gasteiger partial charge < -0.3 is 9.64 Å². The third-order valence-corrected chi connectivity index (χ3v) is 5.52. The van der Waals surface area contributed by atoms with Crippen molar-refractivity contribution in [3.8, 4) is 11.4 Å². The Morgan fingerprint density at radius 3 is 2.65 bits per heavy atom. The van der Waals surface area contributed by atoms with Crippen LogP contribution < -0.4 is 9.62 Å². The van der Waals surface area contributed by atoms with E-state index in [-0.39, 0.29) is 0 Å². The lowest BCUT2D eigenvalue weighted by atomic mass is 10.2. The zero-order chi connectivity index (χ0) is 18.7. The molecule has 0 unspecified atom stereocenters. The minimum atomic E-state index is -3.36. The van der Waals surface area contributed by atoms with Crippen molar-refractivity contribution in [2.75, 3.05) is 48.4 Å². The molecule has 1 N–H and O–H groups in total. The summed E-state index contributed by atoms with van der Waals surface area (Å²) in [6, 6.07) is 6.93. The number of aromatic nitrogens is 2. The molecule has 0 atom stereocenters. The third kappa shape index (κ3) is 4.59. The van der Waals surface area contributed by atoms with Crippen molar-refractivity contribution in [1.82, 2.24) is 9.97 Å². The SMILES string of the molecule is CSc1c(Cl)nc(-c2cccc(NS(C)(=O)=O)c2)nc1N1CCOCC1. The standard InChI is InChI=1S/C16H19ClN4O3S2/c1-25-13-14(17)18-15(19-16(13)21-6-8-24-9-7-21)11-4-3-5-12(10-11)20-26(2,22)23/h3-5,10,20H,6-9H2,1-2H3. The van der Waals surface area contributed by atoms with Crippen molar-refractivity contribution in [2.45, 2.75) is 4.90 Å². The first kappa shape index (κ1) is 19.2. The van der Waals surface area contributed by atoms with Gasteiger partial charge in [-0.1, -0.05) is 23.7 Å². The van der Waals surface area contributed by atoms with Crippen LogP contribution in [0, 0.1) is 0 Å². The molecule has 1 fully saturated rings. The van der Waals surface area contributed by atoms with Crippen LogP contribution in [0.25, 0.3) is 11.4 Å². The maximum atomic E-state index is 11.5. The molecule has 10 heteroatoms. The van der Waals surface area contributed by atoms with Crippen molar-refractivity contribution >= 4 is 44.9 Å². The van der Waals surface area contributed by atoms with E-state index in [9.17, 15) is 8.42 Å². The van der Waals surface area contributed by atoms with Crippen LogP contribution in [-0.2, 0) is 14.8 Å². The second-order valence-corrected chi connectivity index (χ2v) is 8.67. The maximum Gasteiger partial charge on any atom is 0.229 e. The van der Waals surface area contributed by atoms with Gasteiger partial charge in [-0.15, -0.1) is 11.8 Å². The lowest BCUT2D eigenvalue weighted by Crippen LogP contribution is -2.37. The second kappa shape index (κ2) is 7.99. The number of hydrogen-bond acceptors (Lipinski definition) is 7. The number of nitrogens with one attached hydrogen (secondary N) is 1. The molecule has 140 valence electrons. The van der Waals surface area contributed by atoms with Crippen molar-refractivity contribution in [1.29, 1.82) is 0 Å². The van der Waals surface area contributed by atoms with Gasteiger partial charge in [0.2, 0.25) is 10.0 Å². The predicted octanol–water partition coefficient (Wildman–Crippen LogP) is 2.73. The fourth-order valence-corrected chi connectivity index (χ4v) is 4.16. The highest BCUT2D eigenvalue weighted by atomic mass is 35.5. The Hall–Kier alpha value is -1.55. The first-order valence-electron chi connectivity index (χ1n) is 7.90. The lowest BCUT2D eigenvalue weighted by Gasteiger charge is -2.29. The Bertz CT molecular complexity index is 902. The van der Waals surface area contributed by atoms with Gasteiger partial charge in [-0.25, -0.2) is 18.4 Å². The van der Waals surface area contributed by atoms with Crippen LogP contribution in [0.4, 0.5) is 11.5 Å². The van der Waals surface area contributed by atoms with Crippen molar-refractivity contribution in [2.24, 2.45) is 0 Å². The molecule has 1 aliphatic heterocycles. The molecule has 1 aromatic carbocycles. The fourth-order valence-electron chi connectivity index (χ4n) is 2.64. The Kier molecular flexibility index (Phi) is 5.91. The molecule has 26 heavy (non-hydrogen) atoms. The van der Waals surface area contributed by atoms with E-state index in [1.807, 2.05) is 12.3 Å². The van der Waals surface area contributed by atoms with E-state index in [0.29, 0.717) is 35.4 Å². The van der Waals surface area contributed by atoms with E-state index in [2.05, 4.69) is 14.6 Å². The molecule has 0 saturated carbocycles. The highest BCUT2D eigenvalue weighted by Gasteiger charge is 2.21. The van der Waals surface area contributed by atoms with E-state index in [1.165, 1.54) is 11.8 Å². The van der Waals surface area contributed by atoms with E-state index in [0.717, 1.165) is 30.1 Å². The van der Waals surface area contributed by atoms with Gasteiger partial charge in [0.05, 0.1) is 24.4 Å². The zero-order valence-corrected chi connectivity index (χ0v) is 16.8. The number of anilines is 2. The number of ether oxygens (including phenoxy) is 1. The summed E-state index contributed by atoms with van der Waals surface area (Å²) in [5.41, 5.74) is 1.13. The largest absolute Gasteiger partial charge is 0.378 e. The molecule has 2 heterocycles. The summed E-state index contributed by atoms with van der Waals surface area (Å²) >= 11 is 7.91. The van der Waals surface area contributed by atoms with E-state index in [1.54, 1.807) is 18.2 Å². The second-order valence-electron chi connectivity index (χ2n) is 5.75. The molecular weight excluding hydrogens is 396 g/mol. The molecule has 0 aliphatic carbocycles. The van der Waals surface area contributed by atoms with Crippen molar-refractivity contribution in [3.63, 3.8) is 0 Å². The Morgan fingerprint density at radius 1 is 1.27 bits per heavy atom. The first-order valence-corrected chi connectivity index (χ1v) is 11.4. The van der Waals surface area contributed by atoms with Gasteiger partial charge in [0.15, 0.2) is 5.82 Å². The molecule has 1 saturated heterocycles. The van der Waals surface area contributed by atoms with Crippen molar-refractivity contribution < 1.29 is 13.2 Å². The van der Waals surface area contributed by atoms with Gasteiger partial charge in [0, 0.05) is 24.3 Å². The summed E-state index contributed by atoms with van der Waals surface area (Å²) in [4.78, 5) is 12.1. The monoisotopic (exact) mass is 414 g/mol. The molecule has 0 amide bonds. The van der Waals surface area contributed by atoms with Gasteiger partial charge in [-0.3, -0.25) is 4.72 Å². The van der Waals surface area contributed by atoms with Crippen LogP contribution in [0.15, 0.2) is 29.2 Å². The first-order chi connectivity index (χ1) is 12.4. The summed E-state index contributed by atoms with van der Waals surface area (Å²) in [6.45, 7) is 2.74. The number of benzene rings is 1. The van der Waals surface area contributed by atoms with Crippen LogP contribution in [0.3, 0.4) is 0 Å². The Balaban J connectivity index is 2.03. The summed E-state index contributed by atoms with van der Waals surface area (Å²) < 4.78 is 30.8. The predicted molar refractivity (Wildman–Crippen MR) is 106 cm³/mol. The summed E-state index contributed by atoms with van der Waals surface area (Å²) in [6.07, 6.45) is 3.04. The normalized spacial score (nSPS) is 15.1. The van der Waals surface area contributed by atoms with Crippen LogP contribution in [0.2, 0.25) is 5.15 Å². The summed E-state index contributed by atoms with van der Waals surface area (Å²) in [5, 5.41) is 0.380. The number of rotatable bonds is 5. The Morgan fingerprint density at radius 2 is 2.00 bits per heavy atom. The molecule has 0 radical (unpaired) electrons. The van der Waals surface area contributed by atoms with E-state index < -0.39 is 10.0 Å². The topological polar surface area (TPSA) is 84.4 Å². The Labute approximate surface area is 162 Å². The zero-order valence-electron chi connectivity index (χ0n) is 14.4. The maximum absolute atomic E-state index is 11.5. The highest BCUT2D eigenvalue weighted by molar-refractivity contribution is 7.98. The number of sulfonamides is 1. The molecule has 3 rings (SSSR count). The minimum Gasteiger partial charge on any atom is -0.378 e. The van der Waals surface area contributed by atoms with Crippen molar-refractivity contribution in [3.05, 3.63) is 29.4 Å². The molecule has 1 aromatic heterocycles. The molecule has 0 spiro atoms. The van der Waals surface area contributed by atoms with Crippen LogP contribution in [-0.4, -0.2) is 57.2 Å². The van der Waals surface area contributed by atoms with Gasteiger partial charge in [-0.2, -0.15) is 0 Å². The van der Waals surface area contributed by atoms with E-state index in [4.69, 9.17) is 21.3 Å². The number of hydrogen-bond donors (Lipinski definition) is 1. The van der Waals surface area contributed by atoms with Crippen LogP contribution in [0.5, 0.6) is 0 Å². The van der Waals surface area contributed by atoms with Gasteiger partial charge in [-0.05, 0) is 18.4 Å². The number of thioether (sulfide) groups is 1. The van der Waals surface area contributed by atoms with Gasteiger partial charge in [0.1, 0.15) is 11.0 Å². The fraction of sp³-hybridized carbons (Fsp3) is 0.375. The van der Waals surface area contributed by atoms with Gasteiger partial charge >= 0.3 is 0 Å². The average molecular weight is 415 g/mol. The number of halogens is 1. The van der Waals surface area contributed by atoms with Crippen LogP contribution >= 0.6 is 23.4 Å². The quantitative estimate of drug-likeness (QED) is 0.594. The highest BCUT2D eigenvalue weighted by Crippen LogP contribution is 2.35. The molecule has 2 aromatic rings. The van der Waals surface area contributed by atoms with Crippen LogP contribution in [0.1, 0.15) is 0 Å². The number of morpholine rings is 1. The number of nitrogens with zero attached hydrogens (tertiary/aromatic N) is 3. The molecule has 7 nitrogen and oxygen atoms in total. The third-order valence-electron chi connectivity index (χ3n) is 3.75. The molecular formula is C16H19ClN4O3S2. The van der Waals surface area contributed by atoms with Gasteiger partial charge in [0.25, 0.3) is 0 Å². The summed E-state index contributed by atoms with van der Waals surface area (Å²) in [7, 11) is -3.36. The smallest absolute Gasteiger partial charge is 0.229 e. The molecule has 0 bridgehead atoms. The molecule has 1 aliphatic rings. The average Bonchev–Trinajstić information content (AvgIpc) is 2.60. The summed E-state index contributed by atoms with van der Waals surface area (Å²) in [5.74, 6) is 1.23. The minimum absolute atomic E-state index is 0.380. The van der Waals surface area contributed by atoms with E-state index >= 15 is 0 Å².